The number of carbonyl (C=O) groups excluding carboxylic acids is 2. The van der Waals surface area contributed by atoms with Crippen LogP contribution in [0.3, 0.4) is 0 Å². The molecule has 0 bridgehead atoms. The number of nitrogen functional groups attached to an aromatic ring is 1. The average Bonchev–Trinajstić information content (AvgIpc) is 2.43. The van der Waals surface area contributed by atoms with E-state index in [4.69, 9.17) is 10.5 Å². The van der Waals surface area contributed by atoms with Gasteiger partial charge in [0, 0.05) is 5.69 Å². The number of nitrogens with two attached hydrogens (primary N) is 1. The summed E-state index contributed by atoms with van der Waals surface area (Å²) < 4.78 is 4.74. The zero-order valence-electron chi connectivity index (χ0n) is 13.3. The lowest BCUT2D eigenvalue weighted by Crippen LogP contribution is -2.50. The van der Waals surface area contributed by atoms with Crippen molar-refractivity contribution >= 4 is 17.6 Å². The Morgan fingerprint density at radius 1 is 1.19 bits per heavy atom. The van der Waals surface area contributed by atoms with Gasteiger partial charge in [0.1, 0.15) is 6.04 Å². The van der Waals surface area contributed by atoms with Crippen molar-refractivity contribution in [2.24, 2.45) is 5.92 Å². The molecule has 0 aliphatic rings. The molecular formula is C16H24N2O3. The van der Waals surface area contributed by atoms with Crippen LogP contribution in [0, 0.1) is 5.92 Å². The molecule has 0 aliphatic carbocycles. The quantitative estimate of drug-likeness (QED) is 0.641. The number of amides is 1. The van der Waals surface area contributed by atoms with Crippen LogP contribution in [0.25, 0.3) is 0 Å². The van der Waals surface area contributed by atoms with Crippen molar-refractivity contribution in [1.29, 1.82) is 0 Å². The van der Waals surface area contributed by atoms with Crippen molar-refractivity contribution in [3.05, 3.63) is 29.8 Å². The summed E-state index contributed by atoms with van der Waals surface area (Å²) in [6, 6.07) is 6.49. The monoisotopic (exact) mass is 292 g/mol. The minimum Gasteiger partial charge on any atom is -0.467 e. The van der Waals surface area contributed by atoms with Gasteiger partial charge in [0.05, 0.1) is 12.5 Å². The Bertz CT molecular complexity index is 507. The first-order valence-electron chi connectivity index (χ1n) is 6.95. The van der Waals surface area contributed by atoms with Gasteiger partial charge < -0.3 is 15.8 Å². The normalized spacial score (nSPS) is 12.9. The molecule has 0 aromatic heterocycles. The van der Waals surface area contributed by atoms with Crippen LogP contribution in [0.15, 0.2) is 24.3 Å². The van der Waals surface area contributed by atoms with Gasteiger partial charge in [0.15, 0.2) is 0 Å². The van der Waals surface area contributed by atoms with Gasteiger partial charge in [-0.05, 0) is 37.5 Å². The Hall–Kier alpha value is -2.04. The summed E-state index contributed by atoms with van der Waals surface area (Å²) in [4.78, 5) is 24.3. The molecule has 116 valence electrons. The van der Waals surface area contributed by atoms with E-state index in [-0.39, 0.29) is 11.8 Å². The van der Waals surface area contributed by atoms with Crippen LogP contribution in [-0.2, 0) is 19.7 Å². The lowest BCUT2D eigenvalue weighted by Gasteiger charge is -2.28. The van der Waals surface area contributed by atoms with Crippen LogP contribution in [-0.4, -0.2) is 25.0 Å². The number of rotatable bonds is 5. The molecule has 1 rings (SSSR count). The lowest BCUT2D eigenvalue weighted by molar-refractivity contribution is -0.147. The number of ether oxygens (including phenoxy) is 1. The van der Waals surface area contributed by atoms with Crippen molar-refractivity contribution in [2.45, 2.75) is 39.2 Å². The van der Waals surface area contributed by atoms with Gasteiger partial charge in [0.25, 0.3) is 0 Å². The zero-order valence-corrected chi connectivity index (χ0v) is 13.3. The van der Waals surface area contributed by atoms with Crippen LogP contribution < -0.4 is 11.1 Å². The topological polar surface area (TPSA) is 81.4 Å². The molecule has 21 heavy (non-hydrogen) atoms. The van der Waals surface area contributed by atoms with Gasteiger partial charge in [-0.1, -0.05) is 26.0 Å². The van der Waals surface area contributed by atoms with E-state index >= 15 is 0 Å². The second-order valence-electron chi connectivity index (χ2n) is 5.97. The van der Waals surface area contributed by atoms with Crippen LogP contribution in [0.1, 0.15) is 33.3 Å². The zero-order chi connectivity index (χ0) is 16.2. The maximum atomic E-state index is 12.5. The van der Waals surface area contributed by atoms with Crippen molar-refractivity contribution in [3.63, 3.8) is 0 Å². The maximum Gasteiger partial charge on any atom is 0.328 e. The third-order valence-corrected chi connectivity index (χ3v) is 3.61. The molecule has 0 aliphatic heterocycles. The van der Waals surface area contributed by atoms with Crippen LogP contribution in [0.2, 0.25) is 0 Å². The molecule has 0 fully saturated rings. The smallest absolute Gasteiger partial charge is 0.328 e. The number of carbonyl (C=O) groups is 2. The predicted molar refractivity (Wildman–Crippen MR) is 82.7 cm³/mol. The van der Waals surface area contributed by atoms with E-state index < -0.39 is 17.4 Å². The van der Waals surface area contributed by atoms with Crippen LogP contribution in [0.5, 0.6) is 0 Å². The molecule has 5 nitrogen and oxygen atoms in total. The fraction of sp³-hybridized carbons (Fsp3) is 0.500. The standard InChI is InChI=1S/C16H24N2O3/c1-10(2)13(14(19)21-5)18-15(20)16(3,4)11-6-8-12(17)9-7-11/h6-10,13H,17H2,1-5H3,(H,18,20). The molecule has 5 heteroatoms. The van der Waals surface area contributed by atoms with Crippen molar-refractivity contribution in [2.75, 3.05) is 12.8 Å². The third-order valence-electron chi connectivity index (χ3n) is 3.61. The lowest BCUT2D eigenvalue weighted by atomic mass is 9.83. The van der Waals surface area contributed by atoms with Crippen molar-refractivity contribution in [3.8, 4) is 0 Å². The molecule has 1 amide bonds. The highest BCUT2D eigenvalue weighted by atomic mass is 16.5. The minimum atomic E-state index is -0.769. The molecule has 0 radical (unpaired) electrons. The van der Waals surface area contributed by atoms with Crippen molar-refractivity contribution in [1.82, 2.24) is 5.32 Å². The van der Waals surface area contributed by atoms with Crippen LogP contribution >= 0.6 is 0 Å². The molecule has 1 aromatic rings. The Balaban J connectivity index is 2.94. The summed E-state index contributed by atoms with van der Waals surface area (Å²) in [6.45, 7) is 7.33. The number of esters is 1. The van der Waals surface area contributed by atoms with E-state index in [1.54, 1.807) is 12.1 Å². The number of hydrogen-bond acceptors (Lipinski definition) is 4. The van der Waals surface area contributed by atoms with Gasteiger partial charge >= 0.3 is 5.97 Å². The summed E-state index contributed by atoms with van der Waals surface area (Å²) in [6.07, 6.45) is 0. The highest BCUT2D eigenvalue weighted by Gasteiger charge is 2.34. The highest BCUT2D eigenvalue weighted by Crippen LogP contribution is 2.25. The molecule has 3 N–H and O–H groups in total. The fourth-order valence-electron chi connectivity index (χ4n) is 1.98. The second kappa shape index (κ2) is 6.61. The Morgan fingerprint density at radius 2 is 1.71 bits per heavy atom. The SMILES string of the molecule is COC(=O)C(NC(=O)C(C)(C)c1ccc(N)cc1)C(C)C. The van der Waals surface area contributed by atoms with E-state index in [1.807, 2.05) is 39.8 Å². The molecule has 1 atom stereocenters. The summed E-state index contributed by atoms with van der Waals surface area (Å²) in [5.74, 6) is -0.716. The third kappa shape index (κ3) is 3.97. The van der Waals surface area contributed by atoms with E-state index in [0.29, 0.717) is 5.69 Å². The van der Waals surface area contributed by atoms with Crippen molar-refractivity contribution < 1.29 is 14.3 Å². The average molecular weight is 292 g/mol. The summed E-state index contributed by atoms with van der Waals surface area (Å²) in [5, 5.41) is 2.78. The van der Waals surface area contributed by atoms with Gasteiger partial charge in [-0.15, -0.1) is 0 Å². The number of methoxy groups -OCH3 is 1. The molecule has 1 unspecified atom stereocenters. The predicted octanol–water partition coefficient (Wildman–Crippen LogP) is 1.86. The Kier molecular flexibility index (Phi) is 5.35. The van der Waals surface area contributed by atoms with E-state index in [1.165, 1.54) is 7.11 Å². The van der Waals surface area contributed by atoms with E-state index in [0.717, 1.165) is 5.56 Å². The summed E-state index contributed by atoms with van der Waals surface area (Å²) >= 11 is 0. The van der Waals surface area contributed by atoms with Gasteiger partial charge in [-0.25, -0.2) is 4.79 Å². The van der Waals surface area contributed by atoms with E-state index in [9.17, 15) is 9.59 Å². The second-order valence-corrected chi connectivity index (χ2v) is 5.97. The van der Waals surface area contributed by atoms with Gasteiger partial charge in [-0.2, -0.15) is 0 Å². The molecule has 0 saturated heterocycles. The molecule has 0 heterocycles. The van der Waals surface area contributed by atoms with E-state index in [2.05, 4.69) is 5.32 Å². The number of benzene rings is 1. The minimum absolute atomic E-state index is 0.0522. The number of nitrogens with one attached hydrogen (secondary N) is 1. The Morgan fingerprint density at radius 3 is 2.14 bits per heavy atom. The number of anilines is 1. The Labute approximate surface area is 125 Å². The first kappa shape index (κ1) is 17.0. The molecule has 0 saturated carbocycles. The summed E-state index contributed by atoms with van der Waals surface area (Å²) in [5.41, 5.74) is 6.37. The molecule has 1 aromatic carbocycles. The highest BCUT2D eigenvalue weighted by molar-refractivity contribution is 5.91. The largest absolute Gasteiger partial charge is 0.467 e. The first-order valence-corrected chi connectivity index (χ1v) is 6.95. The number of hydrogen-bond donors (Lipinski definition) is 2. The maximum absolute atomic E-state index is 12.5. The van der Waals surface area contributed by atoms with Crippen LogP contribution in [0.4, 0.5) is 5.69 Å². The van der Waals surface area contributed by atoms with Gasteiger partial charge in [0.2, 0.25) is 5.91 Å². The van der Waals surface area contributed by atoms with Gasteiger partial charge in [-0.3, -0.25) is 4.79 Å². The molecular weight excluding hydrogens is 268 g/mol. The molecule has 0 spiro atoms. The fourth-order valence-corrected chi connectivity index (χ4v) is 1.98. The summed E-state index contributed by atoms with van der Waals surface area (Å²) in [7, 11) is 1.31. The first-order chi connectivity index (χ1) is 9.70.